The molecule has 54 valence electrons. The Morgan fingerprint density at radius 1 is 1.40 bits per heavy atom. The predicted octanol–water partition coefficient (Wildman–Crippen LogP) is 2.77. The fourth-order valence-electron chi connectivity index (χ4n) is 1.06. The Balaban J connectivity index is 0.000000810. The summed E-state index contributed by atoms with van der Waals surface area (Å²) >= 11 is 0. The summed E-state index contributed by atoms with van der Waals surface area (Å²) in [6.07, 6.45) is 6.80. The number of allylic oxidation sites excluding steroid dienone is 4. The van der Waals surface area contributed by atoms with Gasteiger partial charge in [-0.2, -0.15) is 0 Å². The quantitative estimate of drug-likeness (QED) is 0.628. The van der Waals surface area contributed by atoms with Crippen molar-refractivity contribution in [2.24, 2.45) is 11.8 Å². The van der Waals surface area contributed by atoms with Gasteiger partial charge < -0.3 is 0 Å². The summed E-state index contributed by atoms with van der Waals surface area (Å²) in [6.45, 7) is 6.67. The molecule has 0 aromatic rings. The van der Waals surface area contributed by atoms with Crippen molar-refractivity contribution in [2.45, 2.75) is 20.8 Å². The van der Waals surface area contributed by atoms with Crippen LogP contribution in [0.2, 0.25) is 0 Å². The summed E-state index contributed by atoms with van der Waals surface area (Å²) in [4.78, 5) is 0. The van der Waals surface area contributed by atoms with Gasteiger partial charge in [0.25, 0.3) is 0 Å². The normalized spacial score (nSPS) is 22.8. The van der Waals surface area contributed by atoms with E-state index in [1.54, 1.807) is 0 Å². The van der Waals surface area contributed by atoms with Crippen LogP contribution in [0.4, 0.5) is 0 Å². The zero-order chi connectivity index (χ0) is 6.85. The second-order valence-electron chi connectivity index (χ2n) is 3.04. The van der Waals surface area contributed by atoms with Gasteiger partial charge in [-0.15, -0.1) is 0 Å². The van der Waals surface area contributed by atoms with E-state index in [0.29, 0.717) is 11.8 Å². The minimum Gasteiger partial charge on any atom is -0.0776 e. The molecule has 1 heteroatoms. The molecule has 0 heterocycles. The van der Waals surface area contributed by atoms with Gasteiger partial charge in [-0.1, -0.05) is 39.0 Å². The molecule has 0 bridgehead atoms. The van der Waals surface area contributed by atoms with Crippen LogP contribution in [0.5, 0.6) is 0 Å². The first-order chi connectivity index (χ1) is 4.20. The number of hydrogen-bond donors (Lipinski definition) is 0. The van der Waals surface area contributed by atoms with Gasteiger partial charge in [-0.05, 0) is 17.4 Å². The molecule has 1 aliphatic carbocycles. The molecule has 1 rings (SSSR count). The van der Waals surface area contributed by atoms with Crippen molar-refractivity contribution in [1.82, 2.24) is 0 Å². The number of rotatable bonds is 1. The van der Waals surface area contributed by atoms with E-state index in [-0.39, 0.29) is 26.2 Å². The van der Waals surface area contributed by atoms with Gasteiger partial charge in [0.15, 0.2) is 0 Å². The zero-order valence-electron chi connectivity index (χ0n) is 6.89. The van der Waals surface area contributed by atoms with Crippen molar-refractivity contribution in [2.75, 3.05) is 0 Å². The maximum absolute atomic E-state index is 2.32. The topological polar surface area (TPSA) is 0 Å². The molecular formula is C9H14Zr. The van der Waals surface area contributed by atoms with Crippen LogP contribution in [0.1, 0.15) is 20.8 Å². The molecule has 0 aromatic heterocycles. The minimum absolute atomic E-state index is 0. The van der Waals surface area contributed by atoms with Gasteiger partial charge in [0.1, 0.15) is 0 Å². The van der Waals surface area contributed by atoms with Crippen molar-refractivity contribution in [3.63, 3.8) is 0 Å². The summed E-state index contributed by atoms with van der Waals surface area (Å²) in [7, 11) is 0. The first-order valence-corrected chi connectivity index (χ1v) is 3.60. The van der Waals surface area contributed by atoms with Crippen LogP contribution in [0.25, 0.3) is 0 Å². The van der Waals surface area contributed by atoms with E-state index in [2.05, 4.69) is 39.0 Å². The first kappa shape index (κ1) is 10.4. The van der Waals surface area contributed by atoms with Crippen molar-refractivity contribution in [3.05, 3.63) is 23.8 Å². The monoisotopic (exact) mass is 212 g/mol. The first-order valence-electron chi connectivity index (χ1n) is 3.60. The largest absolute Gasteiger partial charge is 0.0776 e. The fourth-order valence-corrected chi connectivity index (χ4v) is 1.06. The van der Waals surface area contributed by atoms with E-state index in [1.807, 2.05) is 0 Å². The molecule has 1 atom stereocenters. The molecule has 1 aliphatic rings. The molecule has 0 aliphatic heterocycles. The Kier molecular flexibility index (Phi) is 4.44. The van der Waals surface area contributed by atoms with E-state index >= 15 is 0 Å². The maximum atomic E-state index is 2.32. The van der Waals surface area contributed by atoms with Crippen LogP contribution in [0.3, 0.4) is 0 Å². The van der Waals surface area contributed by atoms with Crippen molar-refractivity contribution >= 4 is 0 Å². The van der Waals surface area contributed by atoms with Gasteiger partial charge >= 0.3 is 0 Å². The smallest absolute Gasteiger partial charge is 0 e. The standard InChI is InChI=1S/C9H14.Zr/c1-7(2)9-5-4-8(3)6-9;/h4-8H,1-3H3;. The second kappa shape index (κ2) is 4.28. The zero-order valence-corrected chi connectivity index (χ0v) is 9.34. The van der Waals surface area contributed by atoms with E-state index in [0.717, 1.165) is 0 Å². The average Bonchev–Trinajstić information content (AvgIpc) is 2.14. The molecule has 0 fully saturated rings. The summed E-state index contributed by atoms with van der Waals surface area (Å²) in [6, 6.07) is 0. The van der Waals surface area contributed by atoms with Gasteiger partial charge in [-0.3, -0.25) is 0 Å². The Morgan fingerprint density at radius 3 is 2.20 bits per heavy atom. The molecule has 0 amide bonds. The SMILES string of the molecule is CC1C=CC(C(C)C)=C1.[Zr]. The van der Waals surface area contributed by atoms with E-state index in [1.165, 1.54) is 5.57 Å². The fraction of sp³-hybridized carbons (Fsp3) is 0.556. The van der Waals surface area contributed by atoms with Crippen LogP contribution in [-0.4, -0.2) is 0 Å². The van der Waals surface area contributed by atoms with Gasteiger partial charge in [0, 0.05) is 26.2 Å². The molecule has 0 saturated heterocycles. The third-order valence-electron chi connectivity index (χ3n) is 1.71. The third kappa shape index (κ3) is 2.54. The minimum atomic E-state index is 0. The Bertz CT molecular complexity index is 154. The van der Waals surface area contributed by atoms with Gasteiger partial charge in [0.2, 0.25) is 0 Å². The third-order valence-corrected chi connectivity index (χ3v) is 1.71. The van der Waals surface area contributed by atoms with Crippen molar-refractivity contribution in [3.8, 4) is 0 Å². The van der Waals surface area contributed by atoms with Crippen LogP contribution >= 0.6 is 0 Å². The molecule has 0 N–H and O–H groups in total. The maximum Gasteiger partial charge on any atom is 0 e. The summed E-state index contributed by atoms with van der Waals surface area (Å²) < 4.78 is 0. The molecule has 0 radical (unpaired) electrons. The number of hydrogen-bond acceptors (Lipinski definition) is 0. The molecule has 0 nitrogen and oxygen atoms in total. The van der Waals surface area contributed by atoms with Gasteiger partial charge in [0.05, 0.1) is 0 Å². The van der Waals surface area contributed by atoms with Gasteiger partial charge in [-0.25, -0.2) is 0 Å². The molecule has 0 aromatic carbocycles. The predicted molar refractivity (Wildman–Crippen MR) is 41.2 cm³/mol. The molecule has 0 saturated carbocycles. The molecular weight excluding hydrogens is 199 g/mol. The molecule has 1 unspecified atom stereocenters. The average molecular weight is 213 g/mol. The van der Waals surface area contributed by atoms with Crippen molar-refractivity contribution < 1.29 is 26.2 Å². The second-order valence-corrected chi connectivity index (χ2v) is 3.04. The van der Waals surface area contributed by atoms with E-state index < -0.39 is 0 Å². The summed E-state index contributed by atoms with van der Waals surface area (Å²) in [5.74, 6) is 1.37. The van der Waals surface area contributed by atoms with Crippen LogP contribution in [-0.2, 0) is 26.2 Å². The Hall–Kier alpha value is 0.363. The van der Waals surface area contributed by atoms with Crippen LogP contribution in [0, 0.1) is 11.8 Å². The van der Waals surface area contributed by atoms with Crippen molar-refractivity contribution in [1.29, 1.82) is 0 Å². The Labute approximate surface area is 82.5 Å². The van der Waals surface area contributed by atoms with E-state index in [9.17, 15) is 0 Å². The molecule has 0 spiro atoms. The summed E-state index contributed by atoms with van der Waals surface area (Å²) in [5.41, 5.74) is 1.49. The summed E-state index contributed by atoms with van der Waals surface area (Å²) in [5, 5.41) is 0. The van der Waals surface area contributed by atoms with Crippen LogP contribution in [0.15, 0.2) is 23.8 Å². The van der Waals surface area contributed by atoms with Crippen LogP contribution < -0.4 is 0 Å². The molecule has 10 heavy (non-hydrogen) atoms. The Morgan fingerprint density at radius 2 is 2.00 bits per heavy atom. The van der Waals surface area contributed by atoms with E-state index in [4.69, 9.17) is 0 Å².